The van der Waals surface area contributed by atoms with Crippen LogP contribution in [0.15, 0.2) is 0 Å². The van der Waals surface area contributed by atoms with Crippen molar-refractivity contribution in [2.45, 2.75) is 253 Å². The average molecular weight is 1190 g/mol. The molecule has 25 heteroatoms. The van der Waals surface area contributed by atoms with E-state index in [1.54, 1.807) is 13.8 Å². The van der Waals surface area contributed by atoms with Crippen LogP contribution in [-0.2, 0) is 57.5 Å². The summed E-state index contributed by atoms with van der Waals surface area (Å²) in [7, 11) is 0. The standard InChI is InChI=1S/C59H102N12O13/c1-32(2)28-38(31-72)62-51(80)44(35(7)8)64-49(78)42-23-20-26-70(42)53(82)57(13,14)65-45(74)36(9)60-48(77)41-22-19-25-69(41)54(83)58(15,16)67-47(76)40(30-34(5)6)63-52(81)56(11,12)68-50(79)43-24-21-27-71(43)55(84)59(17,18)66-46(75)39(29-33(3)4)61-37(10)73/h32-36,38-44,72H,19-31H2,1-18H3,(H,60,77)(H,61,73)(H,62,80)(H,63,81)(H,64,78)(H,65,74)(H,66,75)(H,67,76)(H,68,79)/t36-,38-,39-,40+,41+,42+,43+,44+/m0/s1. The number of hydrogen-bond donors (Lipinski definition) is 10. The minimum Gasteiger partial charge on any atom is -0.394 e. The Balaban J connectivity index is 1.66. The van der Waals surface area contributed by atoms with E-state index in [0.717, 1.165) is 0 Å². The first-order valence-corrected chi connectivity index (χ1v) is 30.0. The van der Waals surface area contributed by atoms with Gasteiger partial charge in [0.1, 0.15) is 64.4 Å². The fourth-order valence-corrected chi connectivity index (χ4v) is 10.9. The van der Waals surface area contributed by atoms with Gasteiger partial charge in [-0.15, -0.1) is 0 Å². The van der Waals surface area contributed by atoms with Crippen LogP contribution in [0.5, 0.6) is 0 Å². The largest absolute Gasteiger partial charge is 0.394 e. The van der Waals surface area contributed by atoms with Gasteiger partial charge in [0.15, 0.2) is 0 Å². The van der Waals surface area contributed by atoms with Gasteiger partial charge in [-0.25, -0.2) is 0 Å². The summed E-state index contributed by atoms with van der Waals surface area (Å²) in [5.41, 5.74) is -6.27. The summed E-state index contributed by atoms with van der Waals surface area (Å²) in [5, 5.41) is 34.5. The van der Waals surface area contributed by atoms with Gasteiger partial charge in [0, 0.05) is 26.6 Å². The second-order valence-corrected chi connectivity index (χ2v) is 26.9. The highest BCUT2D eigenvalue weighted by molar-refractivity contribution is 6.01. The van der Waals surface area contributed by atoms with E-state index < -0.39 is 141 Å². The first-order chi connectivity index (χ1) is 38.7. The number of aliphatic hydroxyl groups is 1. The van der Waals surface area contributed by atoms with Crippen molar-refractivity contribution in [1.82, 2.24) is 62.6 Å². The fraction of sp³-hybridized carbons (Fsp3) is 0.797. The summed E-state index contributed by atoms with van der Waals surface area (Å²) in [4.78, 5) is 169. The third kappa shape index (κ3) is 19.8. The van der Waals surface area contributed by atoms with Crippen LogP contribution in [0.4, 0.5) is 0 Å². The van der Waals surface area contributed by atoms with E-state index in [-0.39, 0.29) is 69.2 Å². The molecule has 0 saturated carbocycles. The molecular formula is C59H102N12O13. The molecule has 10 N–H and O–H groups in total. The minimum atomic E-state index is -1.62. The van der Waals surface area contributed by atoms with Crippen molar-refractivity contribution in [3.63, 3.8) is 0 Å². The summed E-state index contributed by atoms with van der Waals surface area (Å²) in [6.45, 7) is 29.8. The first-order valence-electron chi connectivity index (χ1n) is 30.0. The molecule has 3 saturated heterocycles. The Morgan fingerprint density at radius 1 is 0.440 bits per heavy atom. The molecule has 0 spiro atoms. The Morgan fingerprint density at radius 2 is 0.810 bits per heavy atom. The third-order valence-corrected chi connectivity index (χ3v) is 15.4. The Hall–Kier alpha value is -6.40. The highest BCUT2D eigenvalue weighted by atomic mass is 16.3. The van der Waals surface area contributed by atoms with Gasteiger partial charge in [0.2, 0.25) is 70.9 Å². The van der Waals surface area contributed by atoms with E-state index in [0.29, 0.717) is 38.5 Å². The zero-order valence-corrected chi connectivity index (χ0v) is 53.3. The number of carbonyl (C=O) groups excluding carboxylic acids is 12. The smallest absolute Gasteiger partial charge is 0.248 e. The van der Waals surface area contributed by atoms with E-state index >= 15 is 0 Å². The zero-order valence-electron chi connectivity index (χ0n) is 53.3. The Morgan fingerprint density at radius 3 is 1.18 bits per heavy atom. The van der Waals surface area contributed by atoms with E-state index in [1.807, 2.05) is 41.5 Å². The molecule has 3 aliphatic heterocycles. The van der Waals surface area contributed by atoms with Gasteiger partial charge < -0.3 is 67.7 Å². The Bertz CT molecular complexity index is 2420. The molecule has 25 nitrogen and oxygen atoms in total. The second kappa shape index (κ2) is 30.1. The Kier molecular flexibility index (Phi) is 25.8. The van der Waals surface area contributed by atoms with Crippen LogP contribution in [0, 0.1) is 23.7 Å². The second-order valence-electron chi connectivity index (χ2n) is 26.9. The molecule has 0 radical (unpaired) electrons. The van der Waals surface area contributed by atoms with Gasteiger partial charge in [-0.3, -0.25) is 57.5 Å². The van der Waals surface area contributed by atoms with Crippen molar-refractivity contribution in [2.24, 2.45) is 23.7 Å². The van der Waals surface area contributed by atoms with E-state index in [2.05, 4.69) is 47.9 Å². The number of rotatable bonds is 28. The highest BCUT2D eigenvalue weighted by Crippen LogP contribution is 2.26. The third-order valence-electron chi connectivity index (χ3n) is 15.4. The SMILES string of the molecule is CC(=O)N[C@@H](CC(C)C)C(=O)NC(C)(C)C(=O)N1CCC[C@@H]1C(=O)NC(C)(C)C(=O)N[C@H](CC(C)C)C(=O)NC(C)(C)C(=O)N1CCC[C@@H]1C(=O)N[C@@H](C)C(=O)NC(C)(C)C(=O)N1CCC[C@@H]1C(=O)N[C@@H](C(=O)N[C@H](CO)CC(C)C)C(C)C. The maximum atomic E-state index is 14.3. The molecule has 3 heterocycles. The van der Waals surface area contributed by atoms with Crippen molar-refractivity contribution in [2.75, 3.05) is 26.2 Å². The molecular weight excluding hydrogens is 1080 g/mol. The summed E-state index contributed by atoms with van der Waals surface area (Å²) in [6, 6.07) is -7.66. The van der Waals surface area contributed by atoms with Crippen molar-refractivity contribution in [3.8, 4) is 0 Å². The molecule has 0 aliphatic carbocycles. The maximum Gasteiger partial charge on any atom is 0.248 e. The minimum absolute atomic E-state index is 0.0573. The summed E-state index contributed by atoms with van der Waals surface area (Å²) < 4.78 is 0. The molecule has 8 atom stereocenters. The molecule has 3 rings (SSSR count). The van der Waals surface area contributed by atoms with Gasteiger partial charge >= 0.3 is 0 Å². The van der Waals surface area contributed by atoms with Crippen molar-refractivity contribution < 1.29 is 62.6 Å². The van der Waals surface area contributed by atoms with Crippen LogP contribution >= 0.6 is 0 Å². The van der Waals surface area contributed by atoms with Gasteiger partial charge in [-0.05, 0) is 144 Å². The lowest BCUT2D eigenvalue weighted by Crippen LogP contribution is -2.65. The molecule has 84 heavy (non-hydrogen) atoms. The van der Waals surface area contributed by atoms with Gasteiger partial charge in [0.25, 0.3) is 0 Å². The molecule has 0 bridgehead atoms. The lowest BCUT2D eigenvalue weighted by Gasteiger charge is -2.36. The quantitative estimate of drug-likeness (QED) is 0.0519. The van der Waals surface area contributed by atoms with Crippen molar-refractivity contribution >= 4 is 70.9 Å². The van der Waals surface area contributed by atoms with Crippen LogP contribution < -0.4 is 47.9 Å². The summed E-state index contributed by atoms with van der Waals surface area (Å²) >= 11 is 0. The number of amides is 12. The maximum absolute atomic E-state index is 14.3. The monoisotopic (exact) mass is 1190 g/mol. The number of likely N-dealkylation sites (tertiary alicyclic amines) is 3. The molecule has 12 amide bonds. The molecule has 0 aromatic rings. The predicted molar refractivity (Wildman–Crippen MR) is 314 cm³/mol. The van der Waals surface area contributed by atoms with Gasteiger partial charge in [-0.1, -0.05) is 55.4 Å². The van der Waals surface area contributed by atoms with Crippen LogP contribution in [0.1, 0.15) is 182 Å². The van der Waals surface area contributed by atoms with Crippen LogP contribution in [-0.4, -0.2) is 187 Å². The zero-order chi connectivity index (χ0) is 64.1. The number of carbonyl (C=O) groups is 12. The molecule has 3 fully saturated rings. The van der Waals surface area contributed by atoms with E-state index in [4.69, 9.17) is 0 Å². The van der Waals surface area contributed by atoms with Gasteiger partial charge in [-0.2, -0.15) is 0 Å². The number of aliphatic hydroxyl groups excluding tert-OH is 1. The van der Waals surface area contributed by atoms with Crippen molar-refractivity contribution in [1.29, 1.82) is 0 Å². The molecule has 0 aromatic carbocycles. The van der Waals surface area contributed by atoms with E-state index in [1.165, 1.54) is 83.9 Å². The van der Waals surface area contributed by atoms with Crippen LogP contribution in [0.3, 0.4) is 0 Å². The van der Waals surface area contributed by atoms with Crippen molar-refractivity contribution in [3.05, 3.63) is 0 Å². The lowest BCUT2D eigenvalue weighted by atomic mass is 9.97. The predicted octanol–water partition coefficient (Wildman–Crippen LogP) is 0.789. The number of nitrogens with zero attached hydrogens (tertiary/aromatic N) is 3. The highest BCUT2D eigenvalue weighted by Gasteiger charge is 2.48. The molecule has 3 aliphatic rings. The Labute approximate surface area is 497 Å². The van der Waals surface area contributed by atoms with Crippen LogP contribution in [0.2, 0.25) is 0 Å². The molecule has 0 aromatic heterocycles. The van der Waals surface area contributed by atoms with Gasteiger partial charge in [0.05, 0.1) is 12.6 Å². The normalized spacial score (nSPS) is 19.5. The fourth-order valence-electron chi connectivity index (χ4n) is 10.9. The van der Waals surface area contributed by atoms with E-state index in [9.17, 15) is 62.6 Å². The van der Waals surface area contributed by atoms with Crippen LogP contribution in [0.25, 0.3) is 0 Å². The topological polar surface area (TPSA) is 343 Å². The molecule has 0 unspecified atom stereocenters. The summed E-state index contributed by atoms with van der Waals surface area (Å²) in [6.07, 6.45) is 3.23. The molecule has 476 valence electrons. The number of nitrogens with one attached hydrogen (secondary N) is 9. The number of hydrogen-bond acceptors (Lipinski definition) is 13. The average Bonchev–Trinajstić information content (AvgIpc) is 4.05. The lowest BCUT2D eigenvalue weighted by molar-refractivity contribution is -0.146. The summed E-state index contributed by atoms with van der Waals surface area (Å²) in [5.74, 6) is -7.23. The first kappa shape index (κ1) is 71.9.